The molecule has 72 valence electrons. The van der Waals surface area contributed by atoms with Crippen molar-refractivity contribution >= 4 is 17.4 Å². The van der Waals surface area contributed by atoms with Gasteiger partial charge in [-0.2, -0.15) is 16.9 Å². The van der Waals surface area contributed by atoms with Crippen molar-refractivity contribution < 1.29 is 0 Å². The van der Waals surface area contributed by atoms with Gasteiger partial charge in [-0.1, -0.05) is 0 Å². The lowest BCUT2D eigenvalue weighted by atomic mass is 10.2. The van der Waals surface area contributed by atoms with E-state index >= 15 is 0 Å². The third kappa shape index (κ3) is 2.40. The number of aryl methyl sites for hydroxylation is 1. The lowest BCUT2D eigenvalue weighted by Gasteiger charge is -2.22. The van der Waals surface area contributed by atoms with E-state index in [1.54, 1.807) is 0 Å². The summed E-state index contributed by atoms with van der Waals surface area (Å²) in [6.07, 6.45) is 6.54. The fourth-order valence-electron chi connectivity index (χ4n) is 1.59. The molecule has 0 spiro atoms. The van der Waals surface area contributed by atoms with Crippen LogP contribution in [0.2, 0.25) is 0 Å². The number of hydrogen-bond donors (Lipinski definition) is 1. The number of rotatable bonds is 2. The van der Waals surface area contributed by atoms with Gasteiger partial charge in [0.05, 0.1) is 11.9 Å². The van der Waals surface area contributed by atoms with Crippen LogP contribution in [0.15, 0.2) is 12.4 Å². The molecule has 1 aliphatic heterocycles. The fourth-order valence-corrected chi connectivity index (χ4v) is 2.66. The van der Waals surface area contributed by atoms with Crippen LogP contribution in [0.5, 0.6) is 0 Å². The van der Waals surface area contributed by atoms with Crippen molar-refractivity contribution in [3.05, 3.63) is 12.4 Å². The molecule has 0 bridgehead atoms. The monoisotopic (exact) mass is 197 g/mol. The summed E-state index contributed by atoms with van der Waals surface area (Å²) < 4.78 is 1.83. The van der Waals surface area contributed by atoms with Crippen LogP contribution in [0, 0.1) is 0 Å². The highest BCUT2D eigenvalue weighted by Crippen LogP contribution is 2.20. The zero-order valence-electron chi connectivity index (χ0n) is 7.86. The molecule has 1 atom stereocenters. The lowest BCUT2D eigenvalue weighted by molar-refractivity contribution is 0.685. The zero-order chi connectivity index (χ0) is 9.10. The Kier molecular flexibility index (Phi) is 2.78. The molecule has 1 fully saturated rings. The number of nitrogens with zero attached hydrogens (tertiary/aromatic N) is 2. The molecule has 0 radical (unpaired) electrons. The maximum absolute atomic E-state index is 4.13. The molecule has 0 aliphatic carbocycles. The standard InChI is InChI=1S/C9H15N3S/c1-12-6-9(5-10-12)11-8-3-2-4-13-7-8/h5-6,8,11H,2-4,7H2,1H3/t8-/m1/s1. The van der Waals surface area contributed by atoms with Crippen LogP contribution in [0.4, 0.5) is 5.69 Å². The van der Waals surface area contributed by atoms with Crippen molar-refractivity contribution in [1.29, 1.82) is 0 Å². The fraction of sp³-hybridized carbons (Fsp3) is 0.667. The van der Waals surface area contributed by atoms with Crippen LogP contribution < -0.4 is 5.32 Å². The molecule has 2 heterocycles. The van der Waals surface area contributed by atoms with Crippen LogP contribution >= 0.6 is 11.8 Å². The van der Waals surface area contributed by atoms with Crippen molar-refractivity contribution in [2.45, 2.75) is 18.9 Å². The van der Waals surface area contributed by atoms with Crippen LogP contribution in [-0.2, 0) is 7.05 Å². The molecule has 1 N–H and O–H groups in total. The molecule has 13 heavy (non-hydrogen) atoms. The Hall–Kier alpha value is -0.640. The van der Waals surface area contributed by atoms with E-state index in [-0.39, 0.29) is 0 Å². The van der Waals surface area contributed by atoms with Gasteiger partial charge >= 0.3 is 0 Å². The average Bonchev–Trinajstić information content (AvgIpc) is 2.53. The summed E-state index contributed by atoms with van der Waals surface area (Å²) in [5.74, 6) is 2.56. The van der Waals surface area contributed by atoms with E-state index in [1.165, 1.54) is 24.3 Å². The number of thioether (sulfide) groups is 1. The van der Waals surface area contributed by atoms with Gasteiger partial charge in [-0.15, -0.1) is 0 Å². The Balaban J connectivity index is 1.89. The van der Waals surface area contributed by atoms with Crippen LogP contribution in [0.25, 0.3) is 0 Å². The third-order valence-electron chi connectivity index (χ3n) is 2.24. The van der Waals surface area contributed by atoms with E-state index in [0.717, 1.165) is 5.69 Å². The number of aromatic nitrogens is 2. The van der Waals surface area contributed by atoms with Gasteiger partial charge < -0.3 is 5.32 Å². The first-order valence-electron chi connectivity index (χ1n) is 4.67. The Bertz CT molecular complexity index is 266. The highest BCUT2D eigenvalue weighted by molar-refractivity contribution is 7.99. The predicted octanol–water partition coefficient (Wildman–Crippen LogP) is 1.73. The highest BCUT2D eigenvalue weighted by Gasteiger charge is 2.13. The van der Waals surface area contributed by atoms with Gasteiger partial charge in [0, 0.05) is 25.0 Å². The van der Waals surface area contributed by atoms with Gasteiger partial charge in [0.25, 0.3) is 0 Å². The number of nitrogens with one attached hydrogen (secondary N) is 1. The summed E-state index contributed by atoms with van der Waals surface area (Å²) >= 11 is 2.04. The maximum atomic E-state index is 4.13. The molecule has 1 aromatic heterocycles. The highest BCUT2D eigenvalue weighted by atomic mass is 32.2. The van der Waals surface area contributed by atoms with E-state index in [2.05, 4.69) is 10.4 Å². The Morgan fingerprint density at radius 1 is 1.69 bits per heavy atom. The minimum Gasteiger partial charge on any atom is -0.379 e. The van der Waals surface area contributed by atoms with E-state index < -0.39 is 0 Å². The quantitative estimate of drug-likeness (QED) is 0.783. The zero-order valence-corrected chi connectivity index (χ0v) is 8.68. The molecular weight excluding hydrogens is 182 g/mol. The first-order valence-corrected chi connectivity index (χ1v) is 5.83. The van der Waals surface area contributed by atoms with Gasteiger partial charge in [-0.05, 0) is 18.6 Å². The molecule has 3 nitrogen and oxygen atoms in total. The molecule has 0 unspecified atom stereocenters. The van der Waals surface area contributed by atoms with E-state index in [4.69, 9.17) is 0 Å². The maximum Gasteiger partial charge on any atom is 0.0728 e. The Morgan fingerprint density at radius 3 is 3.23 bits per heavy atom. The predicted molar refractivity (Wildman–Crippen MR) is 57.2 cm³/mol. The summed E-state index contributed by atoms with van der Waals surface area (Å²) in [5, 5.41) is 7.63. The van der Waals surface area contributed by atoms with E-state index in [1.807, 2.05) is 35.9 Å². The number of anilines is 1. The first-order chi connectivity index (χ1) is 6.34. The normalized spacial score (nSPS) is 23.0. The second-order valence-corrected chi connectivity index (χ2v) is 4.61. The third-order valence-corrected chi connectivity index (χ3v) is 3.45. The summed E-state index contributed by atoms with van der Waals surface area (Å²) in [6, 6.07) is 0.642. The van der Waals surface area contributed by atoms with E-state index in [9.17, 15) is 0 Å². The van der Waals surface area contributed by atoms with Crippen LogP contribution in [0.1, 0.15) is 12.8 Å². The topological polar surface area (TPSA) is 29.9 Å². The van der Waals surface area contributed by atoms with Gasteiger partial charge in [-0.3, -0.25) is 4.68 Å². The molecule has 0 saturated carbocycles. The van der Waals surface area contributed by atoms with Crippen molar-refractivity contribution in [2.75, 3.05) is 16.8 Å². The average molecular weight is 197 g/mol. The van der Waals surface area contributed by atoms with Gasteiger partial charge in [-0.25, -0.2) is 0 Å². The van der Waals surface area contributed by atoms with E-state index in [0.29, 0.717) is 6.04 Å². The van der Waals surface area contributed by atoms with Crippen molar-refractivity contribution in [3.63, 3.8) is 0 Å². The Labute approximate surface area is 82.9 Å². The van der Waals surface area contributed by atoms with Crippen LogP contribution in [-0.4, -0.2) is 27.3 Å². The van der Waals surface area contributed by atoms with Crippen LogP contribution in [0.3, 0.4) is 0 Å². The van der Waals surface area contributed by atoms with Gasteiger partial charge in [0.2, 0.25) is 0 Å². The molecule has 1 saturated heterocycles. The SMILES string of the molecule is Cn1cc(N[C@@H]2CCCSC2)cn1. The molecule has 1 aliphatic rings. The minimum absolute atomic E-state index is 0.642. The van der Waals surface area contributed by atoms with Crippen molar-refractivity contribution in [1.82, 2.24) is 9.78 Å². The second kappa shape index (κ2) is 4.05. The largest absolute Gasteiger partial charge is 0.379 e. The lowest BCUT2D eigenvalue weighted by Crippen LogP contribution is -2.25. The summed E-state index contributed by atoms with van der Waals surface area (Å²) in [5.41, 5.74) is 1.15. The minimum atomic E-state index is 0.642. The molecule has 0 amide bonds. The molecule has 1 aromatic rings. The molecular formula is C9H15N3S. The van der Waals surface area contributed by atoms with Crippen molar-refractivity contribution in [2.24, 2.45) is 7.05 Å². The molecule has 0 aromatic carbocycles. The Morgan fingerprint density at radius 2 is 2.62 bits per heavy atom. The van der Waals surface area contributed by atoms with Gasteiger partial charge in [0.1, 0.15) is 0 Å². The summed E-state index contributed by atoms with van der Waals surface area (Å²) in [7, 11) is 1.95. The smallest absolute Gasteiger partial charge is 0.0728 e. The first kappa shape index (κ1) is 8.94. The molecule has 2 rings (SSSR count). The molecule has 4 heteroatoms. The second-order valence-electron chi connectivity index (χ2n) is 3.46. The van der Waals surface area contributed by atoms with Gasteiger partial charge in [0.15, 0.2) is 0 Å². The van der Waals surface area contributed by atoms with Crippen molar-refractivity contribution in [3.8, 4) is 0 Å². The number of hydrogen-bond acceptors (Lipinski definition) is 3. The summed E-state index contributed by atoms with van der Waals surface area (Å²) in [6.45, 7) is 0. The summed E-state index contributed by atoms with van der Waals surface area (Å²) in [4.78, 5) is 0.